The number of carbonyl (C=O) groups is 1. The Morgan fingerprint density at radius 3 is 2.65 bits per heavy atom. The summed E-state index contributed by atoms with van der Waals surface area (Å²) < 4.78 is 70.6. The zero-order valence-electron chi connectivity index (χ0n) is 21.3. The first kappa shape index (κ1) is 27.9. The van der Waals surface area contributed by atoms with E-state index in [-0.39, 0.29) is 25.2 Å². The molecular weight excluding hydrogens is 565 g/mol. The predicted molar refractivity (Wildman–Crippen MR) is 147 cm³/mol. The monoisotopic (exact) mass is 590 g/mol. The highest BCUT2D eigenvalue weighted by Gasteiger charge is 2.38. The van der Waals surface area contributed by atoms with E-state index in [0.717, 1.165) is 15.9 Å². The van der Waals surface area contributed by atoms with Gasteiger partial charge in [0.1, 0.15) is 0 Å². The van der Waals surface area contributed by atoms with Crippen LogP contribution in [0.3, 0.4) is 0 Å². The molecule has 9 nitrogen and oxygen atoms in total. The molecule has 1 amide bonds. The van der Waals surface area contributed by atoms with Gasteiger partial charge in [-0.2, -0.15) is 17.5 Å². The number of rotatable bonds is 8. The summed E-state index contributed by atoms with van der Waals surface area (Å²) in [6.07, 6.45) is -2.27. The highest BCUT2D eigenvalue weighted by molar-refractivity contribution is 7.93. The van der Waals surface area contributed by atoms with Crippen LogP contribution in [-0.2, 0) is 16.4 Å². The molecule has 2 aromatic carbocycles. The number of nitrogens with zero attached hydrogens (tertiary/aromatic N) is 4. The first-order valence-corrected chi connectivity index (χ1v) is 14.7. The van der Waals surface area contributed by atoms with Crippen LogP contribution in [0.2, 0.25) is 0 Å². The number of carbonyl (C=O) groups excluding carboxylic acids is 1. The molecule has 210 valence electrons. The molecule has 2 N–H and O–H groups in total. The van der Waals surface area contributed by atoms with Gasteiger partial charge in [-0.25, -0.2) is 13.4 Å². The first-order valence-electron chi connectivity index (χ1n) is 12.3. The Morgan fingerprint density at radius 2 is 1.88 bits per heavy atom. The van der Waals surface area contributed by atoms with Gasteiger partial charge in [0, 0.05) is 29.7 Å². The normalized spacial score (nSPS) is 16.4. The van der Waals surface area contributed by atoms with E-state index in [1.165, 1.54) is 23.7 Å². The lowest BCUT2D eigenvalue weighted by atomic mass is 10.1. The van der Waals surface area contributed by atoms with Crippen LogP contribution >= 0.6 is 11.5 Å². The molecule has 1 aliphatic heterocycles. The number of aromatic nitrogens is 3. The number of hydrogen-bond acceptors (Lipinski definition) is 8. The molecule has 2 aromatic heterocycles. The lowest BCUT2D eigenvalue weighted by Gasteiger charge is -2.18. The third kappa shape index (κ3) is 6.57. The zero-order valence-corrected chi connectivity index (χ0v) is 22.9. The Labute approximate surface area is 232 Å². The van der Waals surface area contributed by atoms with Gasteiger partial charge in [-0.15, -0.1) is 0 Å². The second-order valence-electron chi connectivity index (χ2n) is 9.54. The van der Waals surface area contributed by atoms with Crippen molar-refractivity contribution in [3.8, 4) is 0 Å². The molecule has 0 spiro atoms. The van der Waals surface area contributed by atoms with E-state index in [1.54, 1.807) is 25.3 Å². The van der Waals surface area contributed by atoms with Crippen molar-refractivity contribution in [1.29, 1.82) is 0 Å². The van der Waals surface area contributed by atoms with E-state index in [4.69, 9.17) is 0 Å². The molecule has 0 bridgehead atoms. The standard InChI is InChI=1S/C26H25F3N6O3S2/c1-16-24(23(39-33-16)12-19-13-30-21-7-2-3-8-22(21)31-19)25(36)32-17-5-4-6-18(11-17)34-40(37,38)20-9-10-35(14-20)15-26(27,28)29/h2-8,11,13,20,34H,9-10,12,14-15H2,1H3,(H,32,36). The molecule has 1 fully saturated rings. The van der Waals surface area contributed by atoms with Gasteiger partial charge in [-0.05, 0) is 61.8 Å². The minimum absolute atomic E-state index is 0.0440. The van der Waals surface area contributed by atoms with Crippen molar-refractivity contribution in [2.24, 2.45) is 0 Å². The lowest BCUT2D eigenvalue weighted by molar-refractivity contribution is -0.143. The maximum atomic E-state index is 13.3. The average molecular weight is 591 g/mol. The maximum absolute atomic E-state index is 13.3. The van der Waals surface area contributed by atoms with Gasteiger partial charge >= 0.3 is 6.18 Å². The summed E-state index contributed by atoms with van der Waals surface area (Å²) >= 11 is 1.20. The summed E-state index contributed by atoms with van der Waals surface area (Å²) in [5, 5.41) is 1.81. The fourth-order valence-electron chi connectivity index (χ4n) is 4.62. The van der Waals surface area contributed by atoms with Gasteiger partial charge in [-0.3, -0.25) is 19.4 Å². The van der Waals surface area contributed by atoms with Gasteiger partial charge < -0.3 is 5.32 Å². The second-order valence-corrected chi connectivity index (χ2v) is 12.4. The van der Waals surface area contributed by atoms with Crippen molar-refractivity contribution < 1.29 is 26.4 Å². The molecule has 40 heavy (non-hydrogen) atoms. The van der Waals surface area contributed by atoms with Crippen LogP contribution in [0.25, 0.3) is 11.0 Å². The first-order chi connectivity index (χ1) is 19.0. The molecule has 0 aliphatic carbocycles. The van der Waals surface area contributed by atoms with E-state index in [2.05, 4.69) is 24.4 Å². The summed E-state index contributed by atoms with van der Waals surface area (Å²) in [5.74, 6) is -0.409. The van der Waals surface area contributed by atoms with E-state index in [9.17, 15) is 26.4 Å². The number of sulfonamides is 1. The molecule has 0 radical (unpaired) electrons. The average Bonchev–Trinajstić information content (AvgIpc) is 3.49. The molecule has 3 heterocycles. The van der Waals surface area contributed by atoms with Crippen molar-refractivity contribution in [3.63, 3.8) is 0 Å². The number of hydrogen-bond donors (Lipinski definition) is 2. The molecule has 1 aliphatic rings. The smallest absolute Gasteiger partial charge is 0.322 e. The Morgan fingerprint density at radius 1 is 1.12 bits per heavy atom. The van der Waals surface area contributed by atoms with Crippen molar-refractivity contribution in [2.75, 3.05) is 29.7 Å². The van der Waals surface area contributed by atoms with E-state index in [0.29, 0.717) is 33.9 Å². The topological polar surface area (TPSA) is 117 Å². The van der Waals surface area contributed by atoms with Crippen LogP contribution in [0.4, 0.5) is 24.5 Å². The number of likely N-dealkylation sites (tertiary alicyclic amines) is 1. The van der Waals surface area contributed by atoms with E-state index < -0.39 is 33.9 Å². The molecule has 1 unspecified atom stereocenters. The molecule has 5 rings (SSSR count). The molecule has 4 aromatic rings. The Bertz CT molecular complexity index is 1660. The number of amides is 1. The number of anilines is 2. The van der Waals surface area contributed by atoms with Crippen LogP contribution in [0, 0.1) is 6.92 Å². The van der Waals surface area contributed by atoms with Gasteiger partial charge in [-0.1, -0.05) is 18.2 Å². The van der Waals surface area contributed by atoms with Crippen LogP contribution in [0.1, 0.15) is 33.0 Å². The maximum Gasteiger partial charge on any atom is 0.401 e. The Balaban J connectivity index is 1.27. The highest BCUT2D eigenvalue weighted by Crippen LogP contribution is 2.27. The van der Waals surface area contributed by atoms with Crippen molar-refractivity contribution in [1.82, 2.24) is 19.2 Å². The summed E-state index contributed by atoms with van der Waals surface area (Å²) in [5.41, 5.74) is 3.70. The lowest BCUT2D eigenvalue weighted by Crippen LogP contribution is -2.35. The molecular formula is C26H25F3N6O3S2. The van der Waals surface area contributed by atoms with Crippen LogP contribution < -0.4 is 10.0 Å². The van der Waals surface area contributed by atoms with Crippen LogP contribution in [0.5, 0.6) is 0 Å². The number of halogens is 3. The highest BCUT2D eigenvalue weighted by atomic mass is 32.2. The number of aryl methyl sites for hydroxylation is 1. The fourth-order valence-corrected chi connectivity index (χ4v) is 6.95. The summed E-state index contributed by atoms with van der Waals surface area (Å²) in [4.78, 5) is 24.1. The molecule has 1 atom stereocenters. The Kier molecular flexibility index (Phi) is 7.75. The summed E-state index contributed by atoms with van der Waals surface area (Å²) in [6, 6.07) is 13.6. The largest absolute Gasteiger partial charge is 0.401 e. The molecule has 0 saturated carbocycles. The number of para-hydroxylation sites is 2. The minimum Gasteiger partial charge on any atom is -0.322 e. The second kappa shape index (κ2) is 11.1. The Hall–Kier alpha value is -3.62. The van der Waals surface area contributed by atoms with Crippen molar-refractivity contribution in [3.05, 3.63) is 76.6 Å². The van der Waals surface area contributed by atoms with Gasteiger partial charge in [0.25, 0.3) is 5.91 Å². The predicted octanol–water partition coefficient (Wildman–Crippen LogP) is 4.62. The molecule has 14 heteroatoms. The van der Waals surface area contributed by atoms with Gasteiger partial charge in [0.2, 0.25) is 10.0 Å². The fraction of sp³-hybridized carbons (Fsp3) is 0.308. The summed E-state index contributed by atoms with van der Waals surface area (Å²) in [7, 11) is -3.95. The number of alkyl halides is 3. The minimum atomic E-state index is -4.39. The van der Waals surface area contributed by atoms with E-state index in [1.807, 2.05) is 24.3 Å². The quantitative estimate of drug-likeness (QED) is 0.308. The number of benzene rings is 2. The molecule has 1 saturated heterocycles. The van der Waals surface area contributed by atoms with Crippen molar-refractivity contribution >= 4 is 49.9 Å². The van der Waals surface area contributed by atoms with Gasteiger partial charge in [0.05, 0.1) is 45.5 Å². The van der Waals surface area contributed by atoms with E-state index >= 15 is 0 Å². The van der Waals surface area contributed by atoms with Crippen LogP contribution in [0.15, 0.2) is 54.7 Å². The van der Waals surface area contributed by atoms with Crippen LogP contribution in [-0.4, -0.2) is 64.6 Å². The zero-order chi connectivity index (χ0) is 28.5. The third-order valence-corrected chi connectivity index (χ3v) is 9.17. The number of nitrogens with one attached hydrogen (secondary N) is 2. The number of fused-ring (bicyclic) bond motifs is 1. The third-order valence-electron chi connectivity index (χ3n) is 6.45. The van der Waals surface area contributed by atoms with Crippen molar-refractivity contribution in [2.45, 2.75) is 31.2 Å². The summed E-state index contributed by atoms with van der Waals surface area (Å²) in [6.45, 7) is 0.421. The van der Waals surface area contributed by atoms with Gasteiger partial charge in [0.15, 0.2) is 0 Å². The SMILES string of the molecule is Cc1nsc(Cc2cnc3ccccc3n2)c1C(=O)Nc1cccc(NS(=O)(=O)C2CCN(CC(F)(F)F)C2)c1.